The molecule has 0 saturated carbocycles. The molecule has 1 fully saturated rings. The quantitative estimate of drug-likeness (QED) is 0.816. The van der Waals surface area contributed by atoms with Gasteiger partial charge in [-0.25, -0.2) is 4.79 Å². The van der Waals surface area contributed by atoms with Gasteiger partial charge in [-0.05, 0) is 24.1 Å². The van der Waals surface area contributed by atoms with Crippen LogP contribution < -0.4 is 5.32 Å². The summed E-state index contributed by atoms with van der Waals surface area (Å²) in [7, 11) is 0. The molecule has 0 unspecified atom stereocenters. The Morgan fingerprint density at radius 1 is 1.16 bits per heavy atom. The molecular formula is C20H24N2NaO2. The third-order valence-corrected chi connectivity index (χ3v) is 4.97. The van der Waals surface area contributed by atoms with Gasteiger partial charge in [0.2, 0.25) is 0 Å². The van der Waals surface area contributed by atoms with Gasteiger partial charge in [0.05, 0.1) is 0 Å². The molecule has 0 amide bonds. The molecular weight excluding hydrogens is 323 g/mol. The molecule has 0 aromatic heterocycles. The molecule has 2 atom stereocenters. The number of aliphatic carboxylic acids is 1. The number of carboxylic acids is 1. The molecule has 1 aliphatic rings. The van der Waals surface area contributed by atoms with E-state index in [0.717, 1.165) is 25.3 Å². The van der Waals surface area contributed by atoms with Gasteiger partial charge in [-0.2, -0.15) is 0 Å². The number of benzene rings is 2. The Balaban J connectivity index is 0.00000225. The largest absolute Gasteiger partial charge is 0.479 e. The first kappa shape index (κ1) is 20.0. The summed E-state index contributed by atoms with van der Waals surface area (Å²) >= 11 is 0. The number of rotatable bonds is 5. The molecule has 127 valence electrons. The minimum absolute atomic E-state index is 0. The van der Waals surface area contributed by atoms with Crippen molar-refractivity contribution < 1.29 is 9.90 Å². The number of hydrogen-bond donors (Lipinski definition) is 2. The van der Waals surface area contributed by atoms with Crippen molar-refractivity contribution in [3.8, 4) is 0 Å². The number of carbonyl (C=O) groups is 1. The summed E-state index contributed by atoms with van der Waals surface area (Å²) in [4.78, 5) is 14.4. The molecule has 4 nitrogen and oxygen atoms in total. The average Bonchev–Trinajstić information content (AvgIpc) is 2.59. The number of nitrogens with one attached hydrogen (secondary N) is 1. The number of anilines is 1. The molecule has 5 heteroatoms. The Labute approximate surface area is 171 Å². The zero-order valence-electron chi connectivity index (χ0n) is 15.0. The van der Waals surface area contributed by atoms with E-state index in [2.05, 4.69) is 22.3 Å². The molecule has 25 heavy (non-hydrogen) atoms. The van der Waals surface area contributed by atoms with Crippen molar-refractivity contribution >= 4 is 41.2 Å². The van der Waals surface area contributed by atoms with Gasteiger partial charge in [-0.15, -0.1) is 0 Å². The van der Waals surface area contributed by atoms with E-state index in [0.29, 0.717) is 6.42 Å². The summed E-state index contributed by atoms with van der Waals surface area (Å²) in [6.07, 6.45) is 0.589. The molecule has 0 spiro atoms. The molecule has 0 bridgehead atoms. The van der Waals surface area contributed by atoms with Gasteiger partial charge in [0.25, 0.3) is 0 Å². The van der Waals surface area contributed by atoms with Crippen molar-refractivity contribution in [3.05, 3.63) is 66.2 Å². The monoisotopic (exact) mass is 347 g/mol. The molecule has 2 aromatic rings. The van der Waals surface area contributed by atoms with Crippen LogP contribution in [0.25, 0.3) is 0 Å². The maximum absolute atomic E-state index is 12.1. The van der Waals surface area contributed by atoms with E-state index >= 15 is 0 Å². The van der Waals surface area contributed by atoms with Gasteiger partial charge < -0.3 is 10.4 Å². The fraction of sp³-hybridized carbons (Fsp3) is 0.350. The normalized spacial score (nSPS) is 23.5. The van der Waals surface area contributed by atoms with Crippen LogP contribution in [-0.4, -0.2) is 64.2 Å². The summed E-state index contributed by atoms with van der Waals surface area (Å²) in [5, 5.41) is 13.2. The number of piperidine rings is 1. The van der Waals surface area contributed by atoms with Crippen molar-refractivity contribution in [3.63, 3.8) is 0 Å². The molecule has 3 rings (SSSR count). The van der Waals surface area contributed by atoms with E-state index in [4.69, 9.17) is 0 Å². The van der Waals surface area contributed by atoms with Gasteiger partial charge in [0, 0.05) is 60.8 Å². The van der Waals surface area contributed by atoms with Gasteiger partial charge in [0.15, 0.2) is 0 Å². The van der Waals surface area contributed by atoms with Gasteiger partial charge in [-0.3, -0.25) is 4.90 Å². The first-order valence-corrected chi connectivity index (χ1v) is 8.43. The summed E-state index contributed by atoms with van der Waals surface area (Å²) in [5.74, 6) is -0.758. The molecule has 0 aliphatic carbocycles. The van der Waals surface area contributed by atoms with Crippen molar-refractivity contribution in [2.24, 2.45) is 5.92 Å². The van der Waals surface area contributed by atoms with Gasteiger partial charge in [0.1, 0.15) is 5.54 Å². The summed E-state index contributed by atoms with van der Waals surface area (Å²) in [6, 6.07) is 20.0. The Morgan fingerprint density at radius 3 is 2.32 bits per heavy atom. The van der Waals surface area contributed by atoms with E-state index in [1.165, 1.54) is 5.56 Å². The maximum Gasteiger partial charge on any atom is 0.329 e. The van der Waals surface area contributed by atoms with E-state index in [1.807, 2.05) is 55.5 Å². The third-order valence-electron chi connectivity index (χ3n) is 4.97. The average molecular weight is 347 g/mol. The van der Waals surface area contributed by atoms with Crippen LogP contribution in [0.5, 0.6) is 0 Å². The van der Waals surface area contributed by atoms with Crippen LogP contribution in [0.15, 0.2) is 60.7 Å². The van der Waals surface area contributed by atoms with Gasteiger partial charge >= 0.3 is 5.97 Å². The van der Waals surface area contributed by atoms with Crippen LogP contribution in [0, 0.1) is 5.92 Å². The third kappa shape index (κ3) is 4.64. The van der Waals surface area contributed by atoms with Crippen LogP contribution in [0.1, 0.15) is 18.9 Å². The van der Waals surface area contributed by atoms with E-state index < -0.39 is 11.5 Å². The standard InChI is InChI=1S/C20H24N2O2.Na/c1-16-14-22(15-17-8-4-2-5-9-17)13-12-20(16,19(23)24)21-18-10-6-3-7-11-18;/h2-11,16,21H,12-15H2,1H3,(H,23,24);/t16-,20+;/m0./s1. The maximum atomic E-state index is 12.1. The van der Waals surface area contributed by atoms with E-state index in [1.54, 1.807) is 0 Å². The molecule has 1 heterocycles. The Hall–Kier alpha value is -1.33. The Kier molecular flexibility index (Phi) is 7.08. The van der Waals surface area contributed by atoms with Crippen molar-refractivity contribution in [1.82, 2.24) is 4.90 Å². The zero-order chi connectivity index (χ0) is 17.0. The second kappa shape index (κ2) is 8.86. The zero-order valence-corrected chi connectivity index (χ0v) is 17.0. The first-order valence-electron chi connectivity index (χ1n) is 8.43. The minimum atomic E-state index is -0.908. The second-order valence-electron chi connectivity index (χ2n) is 6.64. The predicted molar refractivity (Wildman–Crippen MR) is 102 cm³/mol. The van der Waals surface area contributed by atoms with Crippen molar-refractivity contribution in [1.29, 1.82) is 0 Å². The molecule has 1 aliphatic heterocycles. The number of nitrogens with zero attached hydrogens (tertiary/aromatic N) is 1. The SMILES string of the molecule is C[C@H]1CN(Cc2ccccc2)CC[C@]1(Nc1ccccc1)C(=O)O.[Na]. The second-order valence-corrected chi connectivity index (χ2v) is 6.64. The van der Waals surface area contributed by atoms with Crippen molar-refractivity contribution in [2.45, 2.75) is 25.4 Å². The number of carboxylic acid groups (broad SMARTS) is 1. The fourth-order valence-corrected chi connectivity index (χ4v) is 3.54. The minimum Gasteiger partial charge on any atom is -0.479 e. The van der Waals surface area contributed by atoms with E-state index in [9.17, 15) is 9.90 Å². The fourth-order valence-electron chi connectivity index (χ4n) is 3.54. The summed E-state index contributed by atoms with van der Waals surface area (Å²) in [5.41, 5.74) is 1.22. The number of hydrogen-bond acceptors (Lipinski definition) is 3. The Bertz CT molecular complexity index is 681. The van der Waals surface area contributed by atoms with Crippen LogP contribution in [0.2, 0.25) is 0 Å². The van der Waals surface area contributed by atoms with Crippen molar-refractivity contribution in [2.75, 3.05) is 18.4 Å². The first-order chi connectivity index (χ1) is 11.6. The summed E-state index contributed by atoms with van der Waals surface area (Å²) < 4.78 is 0. The van der Waals surface area contributed by atoms with Gasteiger partial charge in [-0.1, -0.05) is 55.5 Å². The topological polar surface area (TPSA) is 52.6 Å². The number of likely N-dealkylation sites (tertiary alicyclic amines) is 1. The smallest absolute Gasteiger partial charge is 0.329 e. The van der Waals surface area contributed by atoms with Crippen LogP contribution in [-0.2, 0) is 11.3 Å². The van der Waals surface area contributed by atoms with E-state index in [-0.39, 0.29) is 35.5 Å². The van der Waals surface area contributed by atoms with Crippen LogP contribution in [0.3, 0.4) is 0 Å². The molecule has 1 radical (unpaired) electrons. The summed E-state index contributed by atoms with van der Waals surface area (Å²) in [6.45, 7) is 4.43. The van der Waals surface area contributed by atoms with Crippen LogP contribution >= 0.6 is 0 Å². The Morgan fingerprint density at radius 2 is 1.76 bits per heavy atom. The molecule has 2 N–H and O–H groups in total. The molecule has 2 aromatic carbocycles. The van der Waals surface area contributed by atoms with Crippen LogP contribution in [0.4, 0.5) is 5.69 Å². The predicted octanol–water partition coefficient (Wildman–Crippen LogP) is 3.08. The number of para-hydroxylation sites is 1. The molecule has 1 saturated heterocycles.